The molecule has 2 N–H and O–H groups in total. The lowest BCUT2D eigenvalue weighted by molar-refractivity contribution is 0.445. The van der Waals surface area contributed by atoms with Gasteiger partial charge in [0.15, 0.2) is 0 Å². The second-order valence-corrected chi connectivity index (χ2v) is 3.87. The van der Waals surface area contributed by atoms with Crippen LogP contribution in [0.2, 0.25) is 0 Å². The van der Waals surface area contributed by atoms with Gasteiger partial charge >= 0.3 is 0 Å². The number of hydrogen-bond acceptors (Lipinski definition) is 2. The van der Waals surface area contributed by atoms with Gasteiger partial charge in [0.05, 0.1) is 6.20 Å². The summed E-state index contributed by atoms with van der Waals surface area (Å²) in [5.74, 6) is 1.58. The minimum absolute atomic E-state index is 0.719. The fraction of sp³-hybridized carbons (Fsp3) is 0.667. The zero-order valence-corrected chi connectivity index (χ0v) is 7.01. The average Bonchev–Trinajstić information content (AvgIpc) is 2.71. The molecule has 1 aromatic rings. The van der Waals surface area contributed by atoms with Gasteiger partial charge in [-0.15, -0.1) is 0 Å². The second kappa shape index (κ2) is 2.33. The summed E-state index contributed by atoms with van der Waals surface area (Å²) in [6.07, 6.45) is 4.54. The van der Waals surface area contributed by atoms with Gasteiger partial charge < -0.3 is 5.32 Å². The summed E-state index contributed by atoms with van der Waals surface area (Å²) < 4.78 is 0. The Morgan fingerprint density at radius 2 is 2.42 bits per heavy atom. The van der Waals surface area contributed by atoms with E-state index in [4.69, 9.17) is 0 Å². The molecule has 1 aromatic heterocycles. The number of aryl methyl sites for hydroxylation is 1. The van der Waals surface area contributed by atoms with Crippen LogP contribution in [0.3, 0.4) is 0 Å². The number of fused-ring (bicyclic) bond motifs is 3. The molecule has 2 heterocycles. The molecular weight excluding hydrogens is 150 g/mol. The number of nitrogens with one attached hydrogen (secondary N) is 2. The monoisotopic (exact) mass is 163 g/mol. The summed E-state index contributed by atoms with van der Waals surface area (Å²) >= 11 is 0. The number of hydrogen-bond donors (Lipinski definition) is 2. The molecule has 64 valence electrons. The highest BCUT2D eigenvalue weighted by Crippen LogP contribution is 2.36. The lowest BCUT2D eigenvalue weighted by Crippen LogP contribution is -2.18. The van der Waals surface area contributed by atoms with Crippen molar-refractivity contribution in [3.8, 4) is 0 Å². The molecule has 1 fully saturated rings. The van der Waals surface area contributed by atoms with Crippen molar-refractivity contribution in [3.05, 3.63) is 17.5 Å². The van der Waals surface area contributed by atoms with E-state index in [1.807, 2.05) is 6.20 Å². The van der Waals surface area contributed by atoms with Gasteiger partial charge in [-0.25, -0.2) is 0 Å². The minimum Gasteiger partial charge on any atom is -0.316 e. The fourth-order valence-corrected chi connectivity index (χ4v) is 2.56. The lowest BCUT2D eigenvalue weighted by Gasteiger charge is -2.23. The third kappa shape index (κ3) is 0.771. The van der Waals surface area contributed by atoms with Crippen molar-refractivity contribution < 1.29 is 0 Å². The summed E-state index contributed by atoms with van der Waals surface area (Å²) in [6.45, 7) is 2.34. The van der Waals surface area contributed by atoms with Gasteiger partial charge in [0.25, 0.3) is 0 Å². The first kappa shape index (κ1) is 6.66. The van der Waals surface area contributed by atoms with E-state index in [2.05, 4.69) is 15.5 Å². The first-order valence-corrected chi connectivity index (χ1v) is 4.68. The average molecular weight is 163 g/mol. The van der Waals surface area contributed by atoms with Crippen LogP contribution >= 0.6 is 0 Å². The van der Waals surface area contributed by atoms with Crippen LogP contribution < -0.4 is 5.32 Å². The van der Waals surface area contributed by atoms with Crippen LogP contribution in [0.1, 0.15) is 23.6 Å². The van der Waals surface area contributed by atoms with Crippen LogP contribution in [0.5, 0.6) is 0 Å². The maximum absolute atomic E-state index is 4.11. The molecule has 0 aromatic carbocycles. The number of H-pyrrole nitrogens is 1. The van der Waals surface area contributed by atoms with Crippen molar-refractivity contribution in [2.24, 2.45) is 5.92 Å². The fourth-order valence-electron chi connectivity index (χ4n) is 2.56. The maximum Gasteiger partial charge on any atom is 0.0522 e. The molecule has 0 bridgehead atoms. The Kier molecular flexibility index (Phi) is 1.29. The van der Waals surface area contributed by atoms with Crippen molar-refractivity contribution in [1.82, 2.24) is 15.5 Å². The summed E-state index contributed by atoms with van der Waals surface area (Å²) in [6, 6.07) is 0. The zero-order chi connectivity index (χ0) is 7.97. The lowest BCUT2D eigenvalue weighted by atomic mass is 9.81. The standard InChI is InChI=1S/C9H13N3/c1-2-7-4-11-12-9(7)8-5-10-3-6(1)8/h4,6,8,10H,1-3,5H2,(H,11,12)/t6-,8+/m1/s1. The SMILES string of the molecule is c1n[nH]c2c1CC[C@@H]1CNC[C@H]21. The first-order chi connectivity index (χ1) is 5.95. The normalized spacial score (nSPS) is 33.0. The van der Waals surface area contributed by atoms with Crippen molar-refractivity contribution in [3.63, 3.8) is 0 Å². The van der Waals surface area contributed by atoms with Gasteiger partial charge in [-0.2, -0.15) is 5.10 Å². The van der Waals surface area contributed by atoms with E-state index in [0.29, 0.717) is 0 Å². The van der Waals surface area contributed by atoms with Crippen LogP contribution in [-0.4, -0.2) is 23.3 Å². The first-order valence-electron chi connectivity index (χ1n) is 4.68. The van der Waals surface area contributed by atoms with Gasteiger partial charge in [0.1, 0.15) is 0 Å². The Labute approximate surface area is 71.6 Å². The van der Waals surface area contributed by atoms with Crippen molar-refractivity contribution >= 4 is 0 Å². The van der Waals surface area contributed by atoms with E-state index in [1.165, 1.54) is 30.6 Å². The summed E-state index contributed by atoms with van der Waals surface area (Å²) in [5.41, 5.74) is 2.84. The molecule has 3 rings (SSSR count). The van der Waals surface area contributed by atoms with Crippen LogP contribution in [0.25, 0.3) is 0 Å². The third-order valence-electron chi connectivity index (χ3n) is 3.25. The smallest absolute Gasteiger partial charge is 0.0522 e. The zero-order valence-electron chi connectivity index (χ0n) is 7.01. The predicted molar refractivity (Wildman–Crippen MR) is 46.0 cm³/mol. The van der Waals surface area contributed by atoms with E-state index >= 15 is 0 Å². The predicted octanol–water partition coefficient (Wildman–Crippen LogP) is 0.659. The largest absolute Gasteiger partial charge is 0.316 e. The van der Waals surface area contributed by atoms with E-state index in [-0.39, 0.29) is 0 Å². The summed E-state index contributed by atoms with van der Waals surface area (Å²) in [5, 5.41) is 10.7. The molecule has 1 aliphatic heterocycles. The Morgan fingerprint density at radius 1 is 1.42 bits per heavy atom. The molecule has 3 heteroatoms. The summed E-state index contributed by atoms with van der Waals surface area (Å²) in [4.78, 5) is 0. The Balaban J connectivity index is 2.04. The van der Waals surface area contributed by atoms with Crippen molar-refractivity contribution in [2.75, 3.05) is 13.1 Å². The molecular formula is C9H13N3. The molecule has 0 saturated carbocycles. The number of aromatic amines is 1. The molecule has 1 saturated heterocycles. The van der Waals surface area contributed by atoms with Crippen LogP contribution in [0, 0.1) is 5.92 Å². The van der Waals surface area contributed by atoms with Gasteiger partial charge in [-0.05, 0) is 30.9 Å². The Hall–Kier alpha value is -0.830. The molecule has 0 amide bonds. The molecule has 0 unspecified atom stereocenters. The highest BCUT2D eigenvalue weighted by molar-refractivity contribution is 5.26. The number of nitrogens with zero attached hydrogens (tertiary/aromatic N) is 1. The van der Waals surface area contributed by atoms with Crippen molar-refractivity contribution in [1.29, 1.82) is 0 Å². The third-order valence-corrected chi connectivity index (χ3v) is 3.25. The molecule has 0 spiro atoms. The highest BCUT2D eigenvalue weighted by Gasteiger charge is 2.34. The van der Waals surface area contributed by atoms with Gasteiger partial charge in [0, 0.05) is 18.2 Å². The molecule has 0 radical (unpaired) electrons. The quantitative estimate of drug-likeness (QED) is 0.590. The van der Waals surface area contributed by atoms with E-state index in [0.717, 1.165) is 18.4 Å². The Morgan fingerprint density at radius 3 is 3.42 bits per heavy atom. The van der Waals surface area contributed by atoms with Gasteiger partial charge in [-0.1, -0.05) is 0 Å². The Bertz CT molecular complexity index is 292. The van der Waals surface area contributed by atoms with Crippen LogP contribution in [0.4, 0.5) is 0 Å². The molecule has 3 nitrogen and oxygen atoms in total. The number of aromatic nitrogens is 2. The summed E-state index contributed by atoms with van der Waals surface area (Å²) in [7, 11) is 0. The molecule has 12 heavy (non-hydrogen) atoms. The highest BCUT2D eigenvalue weighted by atomic mass is 15.1. The van der Waals surface area contributed by atoms with Gasteiger partial charge in [-0.3, -0.25) is 5.10 Å². The van der Waals surface area contributed by atoms with E-state index < -0.39 is 0 Å². The van der Waals surface area contributed by atoms with Gasteiger partial charge in [0.2, 0.25) is 0 Å². The van der Waals surface area contributed by atoms with Crippen LogP contribution in [-0.2, 0) is 6.42 Å². The topological polar surface area (TPSA) is 40.7 Å². The van der Waals surface area contributed by atoms with Crippen LogP contribution in [0.15, 0.2) is 6.20 Å². The van der Waals surface area contributed by atoms with E-state index in [9.17, 15) is 0 Å². The molecule has 2 aliphatic rings. The van der Waals surface area contributed by atoms with Crippen molar-refractivity contribution in [2.45, 2.75) is 18.8 Å². The molecule has 1 aliphatic carbocycles. The molecule has 2 atom stereocenters. The second-order valence-electron chi connectivity index (χ2n) is 3.87. The number of rotatable bonds is 0. The minimum atomic E-state index is 0.719. The van der Waals surface area contributed by atoms with E-state index in [1.54, 1.807) is 0 Å². The maximum atomic E-state index is 4.11.